The second-order valence-corrected chi connectivity index (χ2v) is 5.54. The molecule has 6 heteroatoms. The molecule has 20 heavy (non-hydrogen) atoms. The first-order valence-corrected chi connectivity index (χ1v) is 7.04. The fourth-order valence-electron chi connectivity index (χ4n) is 2.27. The number of pyridine rings is 1. The lowest BCUT2D eigenvalue weighted by Crippen LogP contribution is -2.32. The van der Waals surface area contributed by atoms with E-state index in [4.69, 9.17) is 16.1 Å². The monoisotopic (exact) mass is 294 g/mol. The smallest absolute Gasteiger partial charge is 0.231 e. The molecule has 0 aliphatic rings. The Labute approximate surface area is 123 Å². The number of halogens is 1. The maximum absolute atomic E-state index is 6.10. The van der Waals surface area contributed by atoms with Gasteiger partial charge in [-0.25, -0.2) is 0 Å². The molecule has 2 rings (SSSR count). The zero-order valence-corrected chi connectivity index (χ0v) is 12.8. The van der Waals surface area contributed by atoms with Crippen molar-refractivity contribution in [2.24, 2.45) is 5.92 Å². The molecule has 0 aromatic carbocycles. The van der Waals surface area contributed by atoms with Crippen LogP contribution in [-0.2, 0) is 0 Å². The fraction of sp³-hybridized carbons (Fsp3) is 0.500. The Balaban J connectivity index is 2.35. The minimum atomic E-state index is 0.142. The predicted octanol–water partition coefficient (Wildman–Crippen LogP) is 3.13. The van der Waals surface area contributed by atoms with Crippen molar-refractivity contribution in [1.29, 1.82) is 0 Å². The molecule has 2 aromatic rings. The van der Waals surface area contributed by atoms with Gasteiger partial charge in [-0.3, -0.25) is 4.98 Å². The van der Waals surface area contributed by atoms with Gasteiger partial charge in [-0.1, -0.05) is 30.6 Å². The molecule has 0 saturated heterocycles. The molecular formula is C14H19ClN4O. The number of nitrogens with one attached hydrogen (secondary N) is 1. The topological polar surface area (TPSA) is 63.8 Å². The third-order valence-corrected chi connectivity index (χ3v) is 3.71. The Bertz CT molecular complexity index is 570. The van der Waals surface area contributed by atoms with Crippen LogP contribution >= 0.6 is 11.6 Å². The molecule has 2 aromatic heterocycles. The molecule has 5 nitrogen and oxygen atoms in total. The van der Waals surface area contributed by atoms with Crippen LogP contribution < -0.4 is 5.32 Å². The lowest BCUT2D eigenvalue weighted by molar-refractivity contribution is 0.286. The van der Waals surface area contributed by atoms with Crippen molar-refractivity contribution in [3.63, 3.8) is 0 Å². The summed E-state index contributed by atoms with van der Waals surface area (Å²) in [7, 11) is 1.92. The average molecular weight is 295 g/mol. The van der Waals surface area contributed by atoms with Gasteiger partial charge >= 0.3 is 0 Å². The van der Waals surface area contributed by atoms with Gasteiger partial charge in [0, 0.05) is 12.2 Å². The molecule has 2 atom stereocenters. The summed E-state index contributed by atoms with van der Waals surface area (Å²) in [6, 6.07) is 3.77. The van der Waals surface area contributed by atoms with E-state index in [-0.39, 0.29) is 12.0 Å². The second-order valence-electron chi connectivity index (χ2n) is 5.14. The first-order valence-electron chi connectivity index (χ1n) is 6.66. The molecule has 1 N–H and O–H groups in total. The highest BCUT2D eigenvalue weighted by atomic mass is 35.5. The van der Waals surface area contributed by atoms with Gasteiger partial charge in [0.15, 0.2) is 0 Å². The third kappa shape index (κ3) is 2.99. The summed E-state index contributed by atoms with van der Waals surface area (Å²) in [6.07, 6.45) is 1.66. The number of hydrogen-bond donors (Lipinski definition) is 1. The van der Waals surface area contributed by atoms with E-state index >= 15 is 0 Å². The second kappa shape index (κ2) is 6.33. The lowest BCUT2D eigenvalue weighted by Gasteiger charge is -2.23. The highest BCUT2D eigenvalue weighted by Gasteiger charge is 2.28. The van der Waals surface area contributed by atoms with Gasteiger partial charge in [0.05, 0.1) is 10.9 Å². The van der Waals surface area contributed by atoms with E-state index in [1.807, 2.05) is 7.05 Å². The lowest BCUT2D eigenvalue weighted by atomic mass is 9.89. The summed E-state index contributed by atoms with van der Waals surface area (Å²) in [6.45, 7) is 6.37. The molecule has 0 saturated carbocycles. The van der Waals surface area contributed by atoms with Crippen molar-refractivity contribution in [2.45, 2.75) is 32.7 Å². The van der Waals surface area contributed by atoms with E-state index in [1.54, 1.807) is 18.3 Å². The molecule has 0 aliphatic carbocycles. The first kappa shape index (κ1) is 14.9. The van der Waals surface area contributed by atoms with Crippen molar-refractivity contribution in [3.05, 3.63) is 29.2 Å². The highest BCUT2D eigenvalue weighted by Crippen LogP contribution is 2.29. The maximum Gasteiger partial charge on any atom is 0.231 e. The van der Waals surface area contributed by atoms with E-state index < -0.39 is 0 Å². The minimum Gasteiger partial charge on any atom is -0.339 e. The fourth-order valence-corrected chi connectivity index (χ4v) is 2.48. The van der Waals surface area contributed by atoms with E-state index in [2.05, 4.69) is 41.2 Å². The predicted molar refractivity (Wildman–Crippen MR) is 78.6 cm³/mol. The van der Waals surface area contributed by atoms with Gasteiger partial charge in [-0.2, -0.15) is 4.98 Å². The Morgan fingerprint density at radius 2 is 2.05 bits per heavy atom. The molecule has 108 valence electrons. The van der Waals surface area contributed by atoms with Crippen LogP contribution in [0.15, 0.2) is 22.9 Å². The molecule has 0 bridgehead atoms. The third-order valence-electron chi connectivity index (χ3n) is 3.41. The van der Waals surface area contributed by atoms with Gasteiger partial charge in [0.2, 0.25) is 11.7 Å². The first-order chi connectivity index (χ1) is 9.54. The van der Waals surface area contributed by atoms with Gasteiger partial charge in [-0.05, 0) is 32.0 Å². The summed E-state index contributed by atoms with van der Waals surface area (Å²) in [4.78, 5) is 8.67. The molecule has 2 heterocycles. The molecule has 0 aliphatic heterocycles. The maximum atomic E-state index is 6.10. The standard InChI is InChI=1S/C14H19ClN4O/c1-8(2)11(9(3)16-4)14-18-13(19-20-14)12-10(15)6-5-7-17-12/h5-9,11,16H,1-4H3. The van der Waals surface area contributed by atoms with E-state index in [0.717, 1.165) is 0 Å². The zero-order valence-electron chi connectivity index (χ0n) is 12.1. The Morgan fingerprint density at radius 3 is 2.65 bits per heavy atom. The molecular weight excluding hydrogens is 276 g/mol. The van der Waals surface area contributed by atoms with Crippen LogP contribution in [0, 0.1) is 5.92 Å². The SMILES string of the molecule is CNC(C)C(c1nc(-c2ncccc2Cl)no1)C(C)C. The summed E-state index contributed by atoms with van der Waals surface area (Å²) in [5.74, 6) is 1.56. The van der Waals surface area contributed by atoms with Gasteiger partial charge in [-0.15, -0.1) is 0 Å². The average Bonchev–Trinajstić information content (AvgIpc) is 2.88. The molecule has 0 spiro atoms. The van der Waals surface area contributed by atoms with Crippen LogP contribution in [0.2, 0.25) is 5.02 Å². The van der Waals surface area contributed by atoms with E-state index in [0.29, 0.717) is 28.3 Å². The van der Waals surface area contributed by atoms with Crippen LogP contribution in [-0.4, -0.2) is 28.2 Å². The Kier molecular flexibility index (Phi) is 4.73. The van der Waals surface area contributed by atoms with Crippen LogP contribution in [0.25, 0.3) is 11.5 Å². The normalized spacial score (nSPS) is 14.5. The summed E-state index contributed by atoms with van der Waals surface area (Å²) in [5, 5.41) is 7.76. The van der Waals surface area contributed by atoms with Crippen LogP contribution in [0.3, 0.4) is 0 Å². The summed E-state index contributed by atoms with van der Waals surface area (Å²) >= 11 is 6.10. The Hall–Kier alpha value is -1.46. The number of nitrogens with zero attached hydrogens (tertiary/aromatic N) is 3. The van der Waals surface area contributed by atoms with Crippen molar-refractivity contribution < 1.29 is 4.52 Å². The number of likely N-dealkylation sites (N-methyl/N-ethyl adjacent to an activating group) is 1. The molecule has 0 amide bonds. The largest absolute Gasteiger partial charge is 0.339 e. The van der Waals surface area contributed by atoms with Crippen LogP contribution in [0.4, 0.5) is 0 Å². The van der Waals surface area contributed by atoms with Gasteiger partial charge in [0.25, 0.3) is 0 Å². The van der Waals surface area contributed by atoms with Crippen molar-refractivity contribution in [3.8, 4) is 11.5 Å². The van der Waals surface area contributed by atoms with E-state index in [1.165, 1.54) is 0 Å². The number of hydrogen-bond acceptors (Lipinski definition) is 5. The van der Waals surface area contributed by atoms with E-state index in [9.17, 15) is 0 Å². The Morgan fingerprint density at radius 1 is 1.30 bits per heavy atom. The summed E-state index contributed by atoms with van der Waals surface area (Å²) < 4.78 is 5.42. The highest BCUT2D eigenvalue weighted by molar-refractivity contribution is 6.32. The quantitative estimate of drug-likeness (QED) is 0.918. The van der Waals surface area contributed by atoms with Crippen LogP contribution in [0.5, 0.6) is 0 Å². The van der Waals surface area contributed by atoms with Crippen molar-refractivity contribution in [1.82, 2.24) is 20.4 Å². The van der Waals surface area contributed by atoms with Crippen LogP contribution in [0.1, 0.15) is 32.6 Å². The van der Waals surface area contributed by atoms with Gasteiger partial charge in [0.1, 0.15) is 5.69 Å². The number of rotatable bonds is 5. The van der Waals surface area contributed by atoms with Crippen molar-refractivity contribution >= 4 is 11.6 Å². The van der Waals surface area contributed by atoms with Crippen molar-refractivity contribution in [2.75, 3.05) is 7.05 Å². The summed E-state index contributed by atoms with van der Waals surface area (Å²) in [5.41, 5.74) is 0.545. The molecule has 0 radical (unpaired) electrons. The van der Waals surface area contributed by atoms with Gasteiger partial charge < -0.3 is 9.84 Å². The zero-order chi connectivity index (χ0) is 14.7. The number of aromatic nitrogens is 3. The molecule has 0 fully saturated rings. The minimum absolute atomic E-state index is 0.142. The molecule has 2 unspecified atom stereocenters.